The van der Waals surface area contributed by atoms with Crippen molar-refractivity contribution in [2.75, 3.05) is 27.9 Å². The number of thiazole rings is 1. The van der Waals surface area contributed by atoms with Gasteiger partial charge in [0.05, 0.1) is 32.9 Å². The molecule has 128 valence electrons. The topological polar surface area (TPSA) is 60.9 Å². The van der Waals surface area contributed by atoms with Gasteiger partial charge in [0.15, 0.2) is 11.5 Å². The van der Waals surface area contributed by atoms with Gasteiger partial charge in [-0.05, 0) is 12.8 Å². The molecule has 0 bridgehead atoms. The summed E-state index contributed by atoms with van der Waals surface area (Å²) in [4.78, 5) is 19.4. The van der Waals surface area contributed by atoms with Crippen LogP contribution < -0.4 is 14.2 Å². The summed E-state index contributed by atoms with van der Waals surface area (Å²) in [6.45, 7) is 0.709. The number of methoxy groups -OCH3 is 3. The highest BCUT2D eigenvalue weighted by Crippen LogP contribution is 2.39. The molecular weight excluding hydrogens is 328 g/mol. The maximum absolute atomic E-state index is 13.1. The lowest BCUT2D eigenvalue weighted by molar-refractivity contribution is 0.0731. The Hall–Kier alpha value is -2.28. The number of amides is 1. The molecule has 1 unspecified atom stereocenters. The molecule has 3 rings (SSSR count). The van der Waals surface area contributed by atoms with Crippen LogP contribution in [0.3, 0.4) is 0 Å². The number of benzene rings is 1. The lowest BCUT2D eigenvalue weighted by Gasteiger charge is -2.24. The van der Waals surface area contributed by atoms with Gasteiger partial charge in [-0.1, -0.05) is 0 Å². The molecule has 1 aromatic heterocycles. The molecule has 6 nitrogen and oxygen atoms in total. The standard InChI is InChI=1S/C17H20N2O4S/c1-21-13-10-15(23-3)14(22-2)9-11(13)17(20)19-7-4-5-12(19)16-18-6-8-24-16/h6,8-10,12H,4-5,7H2,1-3H3. The summed E-state index contributed by atoms with van der Waals surface area (Å²) in [5, 5.41) is 2.91. The van der Waals surface area contributed by atoms with Gasteiger partial charge >= 0.3 is 0 Å². The maximum Gasteiger partial charge on any atom is 0.258 e. The summed E-state index contributed by atoms with van der Waals surface area (Å²) < 4.78 is 16.0. The van der Waals surface area contributed by atoms with Crippen molar-refractivity contribution in [1.82, 2.24) is 9.88 Å². The van der Waals surface area contributed by atoms with Crippen LogP contribution in [0.1, 0.15) is 34.2 Å². The molecule has 0 aliphatic carbocycles. The fourth-order valence-electron chi connectivity index (χ4n) is 3.02. The van der Waals surface area contributed by atoms with Crippen LogP contribution in [0.2, 0.25) is 0 Å². The van der Waals surface area contributed by atoms with E-state index in [0.717, 1.165) is 17.8 Å². The minimum absolute atomic E-state index is 0.0234. The van der Waals surface area contributed by atoms with Crippen molar-refractivity contribution < 1.29 is 19.0 Å². The van der Waals surface area contributed by atoms with Crippen LogP contribution in [-0.2, 0) is 0 Å². The van der Waals surface area contributed by atoms with E-state index >= 15 is 0 Å². The summed E-state index contributed by atoms with van der Waals surface area (Å²) in [6.07, 6.45) is 3.67. The molecule has 1 fully saturated rings. The minimum Gasteiger partial charge on any atom is -0.496 e. The fraction of sp³-hybridized carbons (Fsp3) is 0.412. The number of ether oxygens (including phenoxy) is 3. The second-order valence-corrected chi connectivity index (χ2v) is 6.36. The Balaban J connectivity index is 1.97. The Morgan fingerprint density at radius 1 is 1.17 bits per heavy atom. The van der Waals surface area contributed by atoms with Gasteiger partial charge in [-0.15, -0.1) is 11.3 Å². The number of likely N-dealkylation sites (tertiary alicyclic amines) is 1. The van der Waals surface area contributed by atoms with E-state index in [2.05, 4.69) is 4.98 Å². The van der Waals surface area contributed by atoms with Crippen LogP contribution in [0.5, 0.6) is 17.2 Å². The molecule has 1 aliphatic rings. The van der Waals surface area contributed by atoms with Gasteiger partial charge in [0.2, 0.25) is 0 Å². The Bertz CT molecular complexity index is 718. The van der Waals surface area contributed by atoms with E-state index in [1.165, 1.54) is 0 Å². The summed E-state index contributed by atoms with van der Waals surface area (Å²) in [5.74, 6) is 1.43. The third-order valence-corrected chi connectivity index (χ3v) is 5.06. The van der Waals surface area contributed by atoms with Crippen LogP contribution in [0.15, 0.2) is 23.7 Å². The van der Waals surface area contributed by atoms with Gasteiger partial charge in [0.25, 0.3) is 5.91 Å². The fourth-order valence-corrected chi connectivity index (χ4v) is 3.80. The largest absolute Gasteiger partial charge is 0.496 e. The zero-order valence-electron chi connectivity index (χ0n) is 13.9. The summed E-state index contributed by atoms with van der Waals surface area (Å²) >= 11 is 1.58. The smallest absolute Gasteiger partial charge is 0.258 e. The molecule has 0 saturated carbocycles. The second-order valence-electron chi connectivity index (χ2n) is 5.43. The number of rotatable bonds is 5. The molecule has 7 heteroatoms. The zero-order valence-corrected chi connectivity index (χ0v) is 14.8. The third-order valence-electron chi connectivity index (χ3n) is 4.19. The predicted molar refractivity (Wildman–Crippen MR) is 91.2 cm³/mol. The average molecular weight is 348 g/mol. The van der Waals surface area contributed by atoms with E-state index < -0.39 is 0 Å². The van der Waals surface area contributed by atoms with Crippen LogP contribution >= 0.6 is 11.3 Å². The Morgan fingerprint density at radius 2 is 1.88 bits per heavy atom. The molecule has 2 aromatic rings. The van der Waals surface area contributed by atoms with E-state index in [0.29, 0.717) is 29.4 Å². The van der Waals surface area contributed by atoms with Crippen LogP contribution in [0, 0.1) is 0 Å². The third kappa shape index (κ3) is 2.91. The van der Waals surface area contributed by atoms with E-state index in [-0.39, 0.29) is 11.9 Å². The Morgan fingerprint density at radius 3 is 2.50 bits per heavy atom. The first-order chi connectivity index (χ1) is 11.7. The van der Waals surface area contributed by atoms with E-state index in [1.54, 1.807) is 51.0 Å². The van der Waals surface area contributed by atoms with Gasteiger partial charge in [-0.2, -0.15) is 0 Å². The molecule has 0 radical (unpaired) electrons. The van der Waals surface area contributed by atoms with Crippen LogP contribution in [-0.4, -0.2) is 43.7 Å². The van der Waals surface area contributed by atoms with E-state index in [4.69, 9.17) is 14.2 Å². The molecule has 24 heavy (non-hydrogen) atoms. The highest BCUT2D eigenvalue weighted by Gasteiger charge is 2.34. The SMILES string of the molecule is COc1cc(OC)c(C(=O)N2CCCC2c2nccs2)cc1OC. The predicted octanol–water partition coefficient (Wildman–Crippen LogP) is 3.15. The minimum atomic E-state index is -0.0782. The lowest BCUT2D eigenvalue weighted by Crippen LogP contribution is -2.30. The highest BCUT2D eigenvalue weighted by atomic mass is 32.1. The average Bonchev–Trinajstić information content (AvgIpc) is 3.30. The Labute approximate surface area is 145 Å². The van der Waals surface area contributed by atoms with Crippen molar-refractivity contribution in [2.24, 2.45) is 0 Å². The number of hydrogen-bond donors (Lipinski definition) is 0. The number of hydrogen-bond acceptors (Lipinski definition) is 6. The van der Waals surface area contributed by atoms with Gasteiger partial charge in [-0.3, -0.25) is 4.79 Å². The molecule has 0 N–H and O–H groups in total. The first kappa shape index (κ1) is 16.6. The number of carbonyl (C=O) groups excluding carboxylic acids is 1. The van der Waals surface area contributed by atoms with Gasteiger partial charge in [-0.25, -0.2) is 4.98 Å². The van der Waals surface area contributed by atoms with Gasteiger partial charge in [0, 0.05) is 30.3 Å². The molecule has 2 heterocycles. The number of nitrogens with zero attached hydrogens (tertiary/aromatic N) is 2. The summed E-state index contributed by atoms with van der Waals surface area (Å²) in [6, 6.07) is 3.38. The van der Waals surface area contributed by atoms with Crippen molar-refractivity contribution in [3.63, 3.8) is 0 Å². The van der Waals surface area contributed by atoms with Crippen molar-refractivity contribution in [3.05, 3.63) is 34.3 Å². The quantitative estimate of drug-likeness (QED) is 0.831. The van der Waals surface area contributed by atoms with E-state index in [9.17, 15) is 4.79 Å². The summed E-state index contributed by atoms with van der Waals surface area (Å²) in [7, 11) is 4.64. The highest BCUT2D eigenvalue weighted by molar-refractivity contribution is 7.09. The summed E-state index contributed by atoms with van der Waals surface area (Å²) in [5.41, 5.74) is 0.471. The lowest BCUT2D eigenvalue weighted by atomic mass is 10.1. The van der Waals surface area contributed by atoms with Crippen LogP contribution in [0.4, 0.5) is 0 Å². The monoisotopic (exact) mass is 348 g/mol. The van der Waals surface area contributed by atoms with Crippen molar-refractivity contribution in [2.45, 2.75) is 18.9 Å². The first-order valence-electron chi connectivity index (χ1n) is 7.70. The van der Waals surface area contributed by atoms with Crippen molar-refractivity contribution >= 4 is 17.2 Å². The first-order valence-corrected chi connectivity index (χ1v) is 8.58. The molecule has 1 amide bonds. The molecule has 1 aromatic carbocycles. The van der Waals surface area contributed by atoms with Crippen LogP contribution in [0.25, 0.3) is 0 Å². The molecule has 1 atom stereocenters. The number of aromatic nitrogens is 1. The second kappa shape index (κ2) is 7.09. The molecular formula is C17H20N2O4S. The number of carbonyl (C=O) groups is 1. The zero-order chi connectivity index (χ0) is 17.1. The normalized spacial score (nSPS) is 17.0. The molecule has 1 saturated heterocycles. The molecule has 0 spiro atoms. The van der Waals surface area contributed by atoms with Crippen molar-refractivity contribution in [1.29, 1.82) is 0 Å². The van der Waals surface area contributed by atoms with Gasteiger partial charge in [0.1, 0.15) is 10.8 Å². The van der Waals surface area contributed by atoms with Crippen molar-refractivity contribution in [3.8, 4) is 17.2 Å². The maximum atomic E-state index is 13.1. The van der Waals surface area contributed by atoms with E-state index in [1.807, 2.05) is 10.3 Å². The Kier molecular flexibility index (Phi) is 4.89. The molecule has 1 aliphatic heterocycles. The van der Waals surface area contributed by atoms with Gasteiger partial charge < -0.3 is 19.1 Å².